The molecule has 7 heteroatoms. The molecule has 0 spiro atoms. The molecule has 1 aromatic heterocycles. The number of nitrogens with zero attached hydrogens (tertiary/aromatic N) is 3. The van der Waals surface area contributed by atoms with Crippen molar-refractivity contribution in [1.82, 2.24) is 19.4 Å². The van der Waals surface area contributed by atoms with E-state index in [1.165, 1.54) is 10.5 Å². The predicted octanol–water partition coefficient (Wildman–Crippen LogP) is 1.69. The molecule has 0 radical (unpaired) electrons. The van der Waals surface area contributed by atoms with Gasteiger partial charge < -0.3 is 5.32 Å². The first-order chi connectivity index (χ1) is 10.0. The summed E-state index contributed by atoms with van der Waals surface area (Å²) < 4.78 is 27.8. The zero-order valence-electron chi connectivity index (χ0n) is 13.4. The molecule has 1 heterocycles. The van der Waals surface area contributed by atoms with Crippen molar-refractivity contribution in [3.8, 4) is 0 Å². The Morgan fingerprint density at radius 1 is 1.24 bits per heavy atom. The van der Waals surface area contributed by atoms with Crippen molar-refractivity contribution in [2.24, 2.45) is 0 Å². The molecule has 0 aliphatic carbocycles. The maximum atomic E-state index is 12.3. The minimum atomic E-state index is -3.40. The van der Waals surface area contributed by atoms with Crippen LogP contribution in [0.25, 0.3) is 0 Å². The summed E-state index contributed by atoms with van der Waals surface area (Å²) in [5.74, 6) is 0. The van der Waals surface area contributed by atoms with Gasteiger partial charge in [-0.1, -0.05) is 20.3 Å². The lowest BCUT2D eigenvalue weighted by Crippen LogP contribution is -2.27. The molecule has 21 heavy (non-hydrogen) atoms. The van der Waals surface area contributed by atoms with Crippen LogP contribution in [0.2, 0.25) is 0 Å². The monoisotopic (exact) mass is 316 g/mol. The average Bonchev–Trinajstić information content (AvgIpc) is 2.94. The first-order valence-corrected chi connectivity index (χ1v) is 9.15. The van der Waals surface area contributed by atoms with E-state index in [1.807, 2.05) is 6.92 Å². The van der Waals surface area contributed by atoms with Crippen LogP contribution in [0.15, 0.2) is 17.3 Å². The van der Waals surface area contributed by atoms with Crippen molar-refractivity contribution < 1.29 is 8.42 Å². The highest BCUT2D eigenvalue weighted by atomic mass is 32.2. The number of nitrogens with one attached hydrogen (secondary N) is 1. The Hall–Kier alpha value is -0.920. The van der Waals surface area contributed by atoms with E-state index >= 15 is 0 Å². The normalized spacial score (nSPS) is 12.2. The van der Waals surface area contributed by atoms with Crippen LogP contribution < -0.4 is 5.32 Å². The van der Waals surface area contributed by atoms with E-state index in [0.29, 0.717) is 6.54 Å². The van der Waals surface area contributed by atoms with Gasteiger partial charge in [0.15, 0.2) is 0 Å². The van der Waals surface area contributed by atoms with Gasteiger partial charge in [0.05, 0.1) is 6.20 Å². The Bertz CT molecular complexity index is 499. The van der Waals surface area contributed by atoms with Crippen LogP contribution >= 0.6 is 0 Å². The maximum absolute atomic E-state index is 12.3. The quantitative estimate of drug-likeness (QED) is 0.631. The number of unbranched alkanes of at least 4 members (excludes halogenated alkanes) is 1. The number of aromatic nitrogens is 2. The molecule has 1 N–H and O–H groups in total. The van der Waals surface area contributed by atoms with Gasteiger partial charge in [-0.25, -0.2) is 12.7 Å². The molecular weight excluding hydrogens is 288 g/mol. The molecule has 0 atom stereocenters. The Morgan fingerprint density at radius 3 is 2.67 bits per heavy atom. The molecule has 122 valence electrons. The summed E-state index contributed by atoms with van der Waals surface area (Å²) in [6.07, 6.45) is 6.97. The number of rotatable bonds is 11. The van der Waals surface area contributed by atoms with Gasteiger partial charge in [0.2, 0.25) is 10.0 Å². The zero-order chi connectivity index (χ0) is 15.7. The van der Waals surface area contributed by atoms with Gasteiger partial charge in [0, 0.05) is 26.3 Å². The van der Waals surface area contributed by atoms with Crippen LogP contribution in [0.3, 0.4) is 0 Å². The van der Waals surface area contributed by atoms with Gasteiger partial charge in [-0.05, 0) is 32.4 Å². The summed E-state index contributed by atoms with van der Waals surface area (Å²) in [5, 5.41) is 7.46. The smallest absolute Gasteiger partial charge is 0.245 e. The van der Waals surface area contributed by atoms with Crippen molar-refractivity contribution in [1.29, 1.82) is 0 Å². The van der Waals surface area contributed by atoms with Crippen molar-refractivity contribution in [3.05, 3.63) is 12.4 Å². The molecular formula is C14H28N4O2S. The number of hydrogen-bond acceptors (Lipinski definition) is 4. The SMILES string of the molecule is CCCCN(C)S(=O)(=O)c1cnn(CCCNCCC)c1. The fourth-order valence-electron chi connectivity index (χ4n) is 1.95. The minimum Gasteiger partial charge on any atom is -0.317 e. The molecule has 0 amide bonds. The van der Waals surface area contributed by atoms with Gasteiger partial charge >= 0.3 is 0 Å². The second kappa shape index (κ2) is 9.17. The Labute approximate surface area is 128 Å². The molecule has 0 fully saturated rings. The van der Waals surface area contributed by atoms with E-state index in [2.05, 4.69) is 17.3 Å². The highest BCUT2D eigenvalue weighted by Crippen LogP contribution is 2.13. The number of sulfonamides is 1. The summed E-state index contributed by atoms with van der Waals surface area (Å²) in [4.78, 5) is 0.280. The number of hydrogen-bond donors (Lipinski definition) is 1. The molecule has 0 aromatic carbocycles. The van der Waals surface area contributed by atoms with E-state index in [4.69, 9.17) is 0 Å². The number of aryl methyl sites for hydroxylation is 1. The van der Waals surface area contributed by atoms with E-state index < -0.39 is 10.0 Å². The van der Waals surface area contributed by atoms with Crippen molar-refractivity contribution >= 4 is 10.0 Å². The summed E-state index contributed by atoms with van der Waals surface area (Å²) in [6, 6.07) is 0. The molecule has 0 aliphatic rings. The minimum absolute atomic E-state index is 0.280. The summed E-state index contributed by atoms with van der Waals surface area (Å²) >= 11 is 0. The molecule has 0 saturated heterocycles. The molecule has 0 aliphatic heterocycles. The van der Waals surface area contributed by atoms with Gasteiger partial charge in [-0.2, -0.15) is 5.10 Å². The predicted molar refractivity (Wildman–Crippen MR) is 84.7 cm³/mol. The van der Waals surface area contributed by atoms with Crippen LogP contribution in [-0.4, -0.2) is 49.2 Å². The topological polar surface area (TPSA) is 67.2 Å². The molecule has 0 bridgehead atoms. The van der Waals surface area contributed by atoms with Gasteiger partial charge in [0.25, 0.3) is 0 Å². The van der Waals surface area contributed by atoms with Gasteiger partial charge in [0.1, 0.15) is 4.90 Å². The first-order valence-electron chi connectivity index (χ1n) is 7.71. The maximum Gasteiger partial charge on any atom is 0.245 e. The van der Waals surface area contributed by atoms with Gasteiger partial charge in [-0.3, -0.25) is 4.68 Å². The van der Waals surface area contributed by atoms with Crippen LogP contribution in [0.1, 0.15) is 39.5 Å². The fourth-order valence-corrected chi connectivity index (χ4v) is 3.11. The zero-order valence-corrected chi connectivity index (χ0v) is 14.2. The Balaban J connectivity index is 2.53. The lowest BCUT2D eigenvalue weighted by atomic mass is 10.3. The highest BCUT2D eigenvalue weighted by Gasteiger charge is 2.21. The van der Waals surface area contributed by atoms with E-state index in [1.54, 1.807) is 17.9 Å². The Kier molecular flexibility index (Phi) is 7.92. The van der Waals surface area contributed by atoms with Crippen LogP contribution in [0.5, 0.6) is 0 Å². The lowest BCUT2D eigenvalue weighted by molar-refractivity contribution is 0.459. The third kappa shape index (κ3) is 5.76. The largest absolute Gasteiger partial charge is 0.317 e. The average molecular weight is 316 g/mol. The van der Waals surface area contributed by atoms with Crippen molar-refractivity contribution in [2.75, 3.05) is 26.7 Å². The second-order valence-electron chi connectivity index (χ2n) is 5.22. The lowest BCUT2D eigenvalue weighted by Gasteiger charge is -2.15. The van der Waals surface area contributed by atoms with Crippen molar-refractivity contribution in [3.63, 3.8) is 0 Å². The van der Waals surface area contributed by atoms with E-state index in [0.717, 1.165) is 45.3 Å². The third-order valence-electron chi connectivity index (χ3n) is 3.31. The van der Waals surface area contributed by atoms with Crippen LogP contribution in [0.4, 0.5) is 0 Å². The van der Waals surface area contributed by atoms with E-state index in [-0.39, 0.29) is 4.90 Å². The second-order valence-corrected chi connectivity index (χ2v) is 7.27. The Morgan fingerprint density at radius 2 is 2.00 bits per heavy atom. The van der Waals surface area contributed by atoms with Gasteiger partial charge in [-0.15, -0.1) is 0 Å². The summed E-state index contributed by atoms with van der Waals surface area (Å²) in [5.41, 5.74) is 0. The summed E-state index contributed by atoms with van der Waals surface area (Å²) in [6.45, 7) is 7.39. The van der Waals surface area contributed by atoms with Crippen LogP contribution in [0, 0.1) is 0 Å². The molecule has 1 rings (SSSR count). The fraction of sp³-hybridized carbons (Fsp3) is 0.786. The standard InChI is InChI=1S/C14H28N4O2S/c1-4-6-10-17(3)21(19,20)14-12-16-18(13-14)11-7-9-15-8-5-2/h12-13,15H,4-11H2,1-3H3. The van der Waals surface area contributed by atoms with E-state index in [9.17, 15) is 8.42 Å². The van der Waals surface area contributed by atoms with Crippen LogP contribution in [-0.2, 0) is 16.6 Å². The molecule has 1 aromatic rings. The molecule has 0 saturated carbocycles. The first kappa shape index (κ1) is 18.1. The van der Waals surface area contributed by atoms with Crippen molar-refractivity contribution in [2.45, 2.75) is 51.0 Å². The highest BCUT2D eigenvalue weighted by molar-refractivity contribution is 7.89. The summed E-state index contributed by atoms with van der Waals surface area (Å²) in [7, 11) is -1.77. The molecule has 0 unspecified atom stereocenters. The third-order valence-corrected chi connectivity index (χ3v) is 5.12. The molecule has 6 nitrogen and oxygen atoms in total.